The third kappa shape index (κ3) is 2.77. The van der Waals surface area contributed by atoms with E-state index < -0.39 is 27.0 Å². The first-order chi connectivity index (χ1) is 17.7. The smallest absolute Gasteiger partial charge is 0.252 e. The van der Waals surface area contributed by atoms with Gasteiger partial charge in [0.1, 0.15) is 10.1 Å². The Kier molecular flexibility index (Phi) is 5.15. The van der Waals surface area contributed by atoms with Crippen molar-refractivity contribution in [3.8, 4) is 5.75 Å². The number of allylic oxidation sites excluding steroid dienone is 2. The SMILES string of the molecule is CCOc1ccc(N2C(=O)C3C4(C)C(=O)C(C)(C(c5ccccc5)=C4c4ccccc4)C3(Br)C2=O)cc1. The van der Waals surface area contributed by atoms with Crippen molar-refractivity contribution >= 4 is 50.4 Å². The molecule has 0 radical (unpaired) electrons. The lowest BCUT2D eigenvalue weighted by atomic mass is 9.63. The van der Waals surface area contributed by atoms with Crippen LogP contribution in [0, 0.1) is 16.7 Å². The molecule has 6 heteroatoms. The molecule has 3 aromatic rings. The minimum absolute atomic E-state index is 0.104. The highest BCUT2D eigenvalue weighted by atomic mass is 79.9. The molecule has 2 amide bonds. The fraction of sp³-hybridized carbons (Fsp3) is 0.258. The van der Waals surface area contributed by atoms with Crippen molar-refractivity contribution in [1.29, 1.82) is 0 Å². The number of ketones is 1. The van der Waals surface area contributed by atoms with E-state index in [0.29, 0.717) is 18.0 Å². The van der Waals surface area contributed by atoms with Crippen LogP contribution in [0.25, 0.3) is 11.1 Å². The number of fused-ring (bicyclic) bond motifs is 5. The lowest BCUT2D eigenvalue weighted by Gasteiger charge is -2.41. The summed E-state index contributed by atoms with van der Waals surface area (Å²) in [6, 6.07) is 26.4. The molecule has 3 aliphatic rings. The molecule has 1 aliphatic heterocycles. The molecule has 6 rings (SSSR count). The van der Waals surface area contributed by atoms with Crippen LogP contribution in [0.1, 0.15) is 31.9 Å². The Balaban J connectivity index is 1.59. The third-order valence-corrected chi connectivity index (χ3v) is 10.0. The molecular formula is C31H26BrNO4. The fourth-order valence-electron chi connectivity index (χ4n) is 6.90. The van der Waals surface area contributed by atoms with Crippen LogP contribution in [0.4, 0.5) is 5.69 Å². The number of hydrogen-bond acceptors (Lipinski definition) is 4. The zero-order chi connectivity index (χ0) is 26.2. The van der Waals surface area contributed by atoms with Gasteiger partial charge in [0.15, 0.2) is 5.78 Å². The van der Waals surface area contributed by atoms with Crippen LogP contribution in [0.3, 0.4) is 0 Å². The van der Waals surface area contributed by atoms with E-state index in [9.17, 15) is 14.4 Å². The number of benzene rings is 3. The van der Waals surface area contributed by atoms with Crippen LogP contribution in [0.5, 0.6) is 5.75 Å². The van der Waals surface area contributed by atoms with Crippen LogP contribution < -0.4 is 9.64 Å². The number of halogens is 1. The van der Waals surface area contributed by atoms with Crippen molar-refractivity contribution in [1.82, 2.24) is 0 Å². The fourth-order valence-corrected chi connectivity index (χ4v) is 8.11. The number of hydrogen-bond donors (Lipinski definition) is 0. The van der Waals surface area contributed by atoms with E-state index in [1.807, 2.05) is 81.4 Å². The van der Waals surface area contributed by atoms with Crippen LogP contribution in [-0.2, 0) is 14.4 Å². The number of rotatable bonds is 5. The van der Waals surface area contributed by atoms with Gasteiger partial charge in [0.05, 0.1) is 29.0 Å². The predicted molar refractivity (Wildman–Crippen MR) is 146 cm³/mol. The molecule has 1 saturated heterocycles. The van der Waals surface area contributed by atoms with E-state index in [2.05, 4.69) is 15.9 Å². The van der Waals surface area contributed by atoms with Crippen LogP contribution in [0.2, 0.25) is 0 Å². The van der Waals surface area contributed by atoms with Crippen molar-refractivity contribution < 1.29 is 19.1 Å². The van der Waals surface area contributed by atoms with Gasteiger partial charge in [0.2, 0.25) is 5.91 Å². The molecule has 0 spiro atoms. The second-order valence-electron chi connectivity index (χ2n) is 10.2. The number of Topliss-reactive ketones (excluding diaryl/α,β-unsaturated/α-hetero) is 1. The zero-order valence-corrected chi connectivity index (χ0v) is 22.4. The van der Waals surface area contributed by atoms with E-state index in [1.165, 1.54) is 4.90 Å². The largest absolute Gasteiger partial charge is 0.494 e. The van der Waals surface area contributed by atoms with Gasteiger partial charge in [-0.2, -0.15) is 0 Å². The molecule has 2 bridgehead atoms. The summed E-state index contributed by atoms with van der Waals surface area (Å²) in [7, 11) is 0. The summed E-state index contributed by atoms with van der Waals surface area (Å²) in [4.78, 5) is 44.2. The molecule has 5 nitrogen and oxygen atoms in total. The minimum Gasteiger partial charge on any atom is -0.494 e. The lowest BCUT2D eigenvalue weighted by Crippen LogP contribution is -2.50. The standard InChI is InChI=1S/C31H26BrNO4/c1-4-37-22-17-15-21(16-18-22)33-26(34)25-29(2)23(19-11-7-5-8-12-19)24(20-13-9-6-10-14-20)30(3,27(29)35)31(25,32)28(33)36/h5-18,25H,4H2,1-3H3. The molecular weight excluding hydrogens is 530 g/mol. The van der Waals surface area contributed by atoms with E-state index in [1.54, 1.807) is 24.3 Å². The number of nitrogens with zero attached hydrogens (tertiary/aromatic N) is 1. The molecule has 4 unspecified atom stereocenters. The first kappa shape index (κ1) is 23.9. The maximum Gasteiger partial charge on any atom is 0.252 e. The summed E-state index contributed by atoms with van der Waals surface area (Å²) in [5.74, 6) is -1.11. The van der Waals surface area contributed by atoms with E-state index in [-0.39, 0.29) is 11.7 Å². The summed E-state index contributed by atoms with van der Waals surface area (Å²) in [6.07, 6.45) is 0. The maximum atomic E-state index is 14.4. The number of carbonyl (C=O) groups is 3. The summed E-state index contributed by atoms with van der Waals surface area (Å²) < 4.78 is 4.13. The van der Waals surface area contributed by atoms with Gasteiger partial charge < -0.3 is 4.74 Å². The minimum atomic E-state index is -1.41. The van der Waals surface area contributed by atoms with E-state index in [4.69, 9.17) is 4.74 Å². The first-order valence-electron chi connectivity index (χ1n) is 12.4. The molecule has 186 valence electrons. The molecule has 37 heavy (non-hydrogen) atoms. The van der Waals surface area contributed by atoms with Gasteiger partial charge in [-0.05, 0) is 67.3 Å². The Hall–Kier alpha value is -3.51. The summed E-state index contributed by atoms with van der Waals surface area (Å²) in [5.41, 5.74) is 1.39. The summed E-state index contributed by atoms with van der Waals surface area (Å²) in [6.45, 7) is 6.08. The summed E-state index contributed by atoms with van der Waals surface area (Å²) in [5, 5.41) is 0. The van der Waals surface area contributed by atoms with Crippen molar-refractivity contribution in [3.63, 3.8) is 0 Å². The normalized spacial score (nSPS) is 30.3. The molecule has 0 N–H and O–H groups in total. The highest BCUT2D eigenvalue weighted by Gasteiger charge is 2.85. The number of alkyl halides is 1. The third-order valence-electron chi connectivity index (χ3n) is 8.41. The van der Waals surface area contributed by atoms with Gasteiger partial charge in [-0.1, -0.05) is 76.6 Å². The Morgan fingerprint density at radius 1 is 0.811 bits per heavy atom. The van der Waals surface area contributed by atoms with Crippen LogP contribution in [0.15, 0.2) is 84.9 Å². The average Bonchev–Trinajstić information content (AvgIpc) is 3.30. The van der Waals surface area contributed by atoms with Crippen LogP contribution >= 0.6 is 15.9 Å². The number of imide groups is 1. The highest BCUT2D eigenvalue weighted by Crippen LogP contribution is 2.77. The van der Waals surface area contributed by atoms with Crippen molar-refractivity contribution in [2.75, 3.05) is 11.5 Å². The molecule has 2 aliphatic carbocycles. The second kappa shape index (κ2) is 7.99. The first-order valence-corrected chi connectivity index (χ1v) is 13.2. The second-order valence-corrected chi connectivity index (χ2v) is 11.4. The number of amides is 2. The number of carbonyl (C=O) groups excluding carboxylic acids is 3. The number of ether oxygens (including phenoxy) is 1. The van der Waals surface area contributed by atoms with Gasteiger partial charge in [0, 0.05) is 0 Å². The van der Waals surface area contributed by atoms with Gasteiger partial charge in [-0.15, -0.1) is 0 Å². The zero-order valence-electron chi connectivity index (χ0n) is 20.8. The van der Waals surface area contributed by atoms with Crippen molar-refractivity contribution in [2.45, 2.75) is 25.1 Å². The summed E-state index contributed by atoms with van der Waals surface area (Å²) >= 11 is 3.79. The van der Waals surface area contributed by atoms with Crippen molar-refractivity contribution in [2.24, 2.45) is 16.7 Å². The van der Waals surface area contributed by atoms with Gasteiger partial charge in [0.25, 0.3) is 5.91 Å². The van der Waals surface area contributed by atoms with Crippen LogP contribution in [-0.4, -0.2) is 28.5 Å². The van der Waals surface area contributed by atoms with E-state index in [0.717, 1.165) is 22.3 Å². The van der Waals surface area contributed by atoms with Crippen molar-refractivity contribution in [3.05, 3.63) is 96.1 Å². The molecule has 0 aromatic heterocycles. The topological polar surface area (TPSA) is 63.7 Å². The maximum absolute atomic E-state index is 14.4. The van der Waals surface area contributed by atoms with E-state index >= 15 is 0 Å². The predicted octanol–water partition coefficient (Wildman–Crippen LogP) is 5.93. The number of anilines is 1. The average molecular weight is 556 g/mol. The lowest BCUT2D eigenvalue weighted by molar-refractivity contribution is -0.133. The molecule has 1 saturated carbocycles. The molecule has 3 aromatic carbocycles. The molecule has 2 fully saturated rings. The highest BCUT2D eigenvalue weighted by molar-refractivity contribution is 9.10. The quantitative estimate of drug-likeness (QED) is 0.289. The Morgan fingerprint density at radius 3 is 1.89 bits per heavy atom. The van der Waals surface area contributed by atoms with Gasteiger partial charge in [-0.25, -0.2) is 4.90 Å². The van der Waals surface area contributed by atoms with Gasteiger partial charge >= 0.3 is 0 Å². The van der Waals surface area contributed by atoms with Gasteiger partial charge in [-0.3, -0.25) is 14.4 Å². The molecule has 4 atom stereocenters. The Labute approximate surface area is 224 Å². The Morgan fingerprint density at radius 2 is 1.35 bits per heavy atom. The Bertz CT molecular complexity index is 1480. The monoisotopic (exact) mass is 555 g/mol. The molecule has 1 heterocycles.